The van der Waals surface area contributed by atoms with E-state index in [-0.39, 0.29) is 20.6 Å². The molecule has 0 aliphatic heterocycles. The van der Waals surface area contributed by atoms with E-state index < -0.39 is 6.06 Å². The topological polar surface area (TPSA) is 26.3 Å². The molecule has 2 rings (SSSR count). The monoisotopic (exact) mass is 388 g/mol. The Morgan fingerprint density at radius 1 is 1.27 bits per heavy atom. The van der Waals surface area contributed by atoms with Crippen LogP contribution in [0.15, 0.2) is 30.3 Å². The molecular formula is C18H29O2PSe. The van der Waals surface area contributed by atoms with E-state index in [1.54, 1.807) is 0 Å². The molecule has 0 amide bonds. The van der Waals surface area contributed by atoms with E-state index in [2.05, 4.69) is 27.7 Å². The predicted octanol–water partition coefficient (Wildman–Crippen LogP) is 5.12. The standard InChI is InChI=1S/C18H29O2PSe/c1-5-22-21(19,16-9-7-6-8-10-16)20-18-13-15(4)11-12-17(18)14(2)3/h6-10,14-15,17-18H,5,11-13H2,1-4H3/t15-,17+,18-,21?/m1/s1. The fraction of sp³-hybridized carbons (Fsp3) is 0.667. The quantitative estimate of drug-likeness (QED) is 0.500. The first-order valence-corrected chi connectivity index (χ1v) is 13.5. The Hall–Kier alpha value is -0.0705. The van der Waals surface area contributed by atoms with Gasteiger partial charge in [-0.25, -0.2) is 0 Å². The second kappa shape index (κ2) is 8.15. The maximum absolute atomic E-state index is 13.6. The Morgan fingerprint density at radius 3 is 2.55 bits per heavy atom. The molecule has 1 aliphatic carbocycles. The Bertz CT molecular complexity index is 503. The first kappa shape index (κ1) is 18.3. The molecule has 0 N–H and O–H groups in total. The van der Waals surface area contributed by atoms with Gasteiger partial charge < -0.3 is 0 Å². The third kappa shape index (κ3) is 4.48. The molecule has 1 aliphatic rings. The van der Waals surface area contributed by atoms with E-state index in [0.717, 1.165) is 17.0 Å². The van der Waals surface area contributed by atoms with Gasteiger partial charge in [0.2, 0.25) is 0 Å². The Kier molecular flexibility index (Phi) is 6.77. The van der Waals surface area contributed by atoms with Crippen molar-refractivity contribution in [2.24, 2.45) is 17.8 Å². The molecule has 0 radical (unpaired) electrons. The van der Waals surface area contributed by atoms with Crippen LogP contribution in [0.25, 0.3) is 0 Å². The summed E-state index contributed by atoms with van der Waals surface area (Å²) in [4.78, 5) is 0. The normalized spacial score (nSPS) is 28.5. The van der Waals surface area contributed by atoms with Crippen molar-refractivity contribution in [3.63, 3.8) is 0 Å². The number of rotatable bonds is 6. The fourth-order valence-corrected chi connectivity index (χ4v) is 10.1. The molecule has 4 atom stereocenters. The van der Waals surface area contributed by atoms with Gasteiger partial charge in [-0.3, -0.25) is 0 Å². The van der Waals surface area contributed by atoms with E-state index in [1.165, 1.54) is 12.8 Å². The van der Waals surface area contributed by atoms with Crippen LogP contribution in [-0.4, -0.2) is 20.6 Å². The van der Waals surface area contributed by atoms with E-state index in [1.807, 2.05) is 30.3 Å². The van der Waals surface area contributed by atoms with Crippen LogP contribution < -0.4 is 5.30 Å². The summed E-state index contributed by atoms with van der Waals surface area (Å²) < 4.78 is 20.0. The summed E-state index contributed by atoms with van der Waals surface area (Å²) >= 11 is 0.0244. The third-order valence-corrected chi connectivity index (χ3v) is 12.3. The van der Waals surface area contributed by atoms with Crippen LogP contribution in [-0.2, 0) is 9.09 Å². The van der Waals surface area contributed by atoms with Crippen molar-refractivity contribution in [3.05, 3.63) is 30.3 Å². The van der Waals surface area contributed by atoms with Gasteiger partial charge in [-0.15, -0.1) is 0 Å². The molecule has 0 heterocycles. The van der Waals surface area contributed by atoms with Crippen molar-refractivity contribution in [1.82, 2.24) is 0 Å². The van der Waals surface area contributed by atoms with Gasteiger partial charge in [0.1, 0.15) is 0 Å². The van der Waals surface area contributed by atoms with Gasteiger partial charge >= 0.3 is 141 Å². The SMILES string of the molecule is CC[Se]P(=O)(O[C@@H]1C[C@H](C)CC[C@H]1C(C)C)c1ccccc1. The Labute approximate surface area is 141 Å². The summed E-state index contributed by atoms with van der Waals surface area (Å²) in [5.74, 6) is 1.81. The van der Waals surface area contributed by atoms with Crippen molar-refractivity contribution >= 4 is 25.9 Å². The fourth-order valence-electron chi connectivity index (χ4n) is 3.36. The van der Waals surface area contributed by atoms with Crippen molar-refractivity contribution in [3.8, 4) is 0 Å². The second-order valence-corrected chi connectivity index (χ2v) is 14.6. The first-order chi connectivity index (χ1) is 10.5. The average Bonchev–Trinajstić information content (AvgIpc) is 2.48. The van der Waals surface area contributed by atoms with Gasteiger partial charge in [-0.1, -0.05) is 0 Å². The third-order valence-electron chi connectivity index (χ3n) is 4.61. The number of benzene rings is 1. The van der Waals surface area contributed by atoms with Gasteiger partial charge in [0, 0.05) is 0 Å². The molecule has 1 aromatic carbocycles. The Balaban J connectivity index is 2.24. The molecule has 1 aromatic rings. The van der Waals surface area contributed by atoms with Gasteiger partial charge in [0.25, 0.3) is 0 Å². The van der Waals surface area contributed by atoms with E-state index >= 15 is 0 Å². The van der Waals surface area contributed by atoms with Crippen molar-refractivity contribution < 1.29 is 9.09 Å². The summed E-state index contributed by atoms with van der Waals surface area (Å²) in [7, 11) is 0. The van der Waals surface area contributed by atoms with Crippen LogP contribution in [0.5, 0.6) is 0 Å². The Morgan fingerprint density at radius 2 is 1.95 bits per heavy atom. The summed E-state index contributed by atoms with van der Waals surface area (Å²) in [6.45, 7) is 8.96. The summed E-state index contributed by atoms with van der Waals surface area (Å²) in [6, 6.07) is 7.20. The van der Waals surface area contributed by atoms with Crippen LogP contribution in [0.4, 0.5) is 0 Å². The number of hydrogen-bond acceptors (Lipinski definition) is 2. The second-order valence-electron chi connectivity index (χ2n) is 6.72. The minimum absolute atomic E-state index is 0.0244. The molecule has 2 nitrogen and oxygen atoms in total. The van der Waals surface area contributed by atoms with Crippen molar-refractivity contribution in [2.45, 2.75) is 58.4 Å². The maximum atomic E-state index is 13.6. The van der Waals surface area contributed by atoms with Crippen LogP contribution in [0.1, 0.15) is 47.0 Å². The molecule has 0 saturated heterocycles. The zero-order valence-electron chi connectivity index (χ0n) is 14.2. The summed E-state index contributed by atoms with van der Waals surface area (Å²) in [5, 5.41) is 1.87. The molecule has 4 heteroatoms. The average molecular weight is 387 g/mol. The molecule has 1 unspecified atom stereocenters. The van der Waals surface area contributed by atoms with Crippen LogP contribution in [0, 0.1) is 17.8 Å². The zero-order valence-corrected chi connectivity index (χ0v) is 16.8. The zero-order chi connectivity index (χ0) is 16.2. The van der Waals surface area contributed by atoms with E-state index in [0.29, 0.717) is 17.8 Å². The van der Waals surface area contributed by atoms with Gasteiger partial charge in [-0.2, -0.15) is 0 Å². The number of hydrogen-bond donors (Lipinski definition) is 0. The molecule has 1 fully saturated rings. The molecule has 0 aromatic heterocycles. The first-order valence-electron chi connectivity index (χ1n) is 8.45. The molecule has 22 heavy (non-hydrogen) atoms. The van der Waals surface area contributed by atoms with E-state index in [4.69, 9.17) is 4.52 Å². The van der Waals surface area contributed by atoms with Crippen molar-refractivity contribution in [2.75, 3.05) is 0 Å². The molecular weight excluding hydrogens is 358 g/mol. The van der Waals surface area contributed by atoms with Gasteiger partial charge in [0.15, 0.2) is 0 Å². The van der Waals surface area contributed by atoms with E-state index in [9.17, 15) is 4.57 Å². The molecule has 124 valence electrons. The summed E-state index contributed by atoms with van der Waals surface area (Å²) in [6.07, 6.45) is 3.69. The molecule has 0 spiro atoms. The van der Waals surface area contributed by atoms with Crippen LogP contribution in [0.3, 0.4) is 0 Å². The molecule has 1 saturated carbocycles. The minimum atomic E-state index is -2.68. The summed E-state index contributed by atoms with van der Waals surface area (Å²) in [5.41, 5.74) is 0. The molecule has 0 bridgehead atoms. The van der Waals surface area contributed by atoms with Crippen molar-refractivity contribution in [1.29, 1.82) is 0 Å². The van der Waals surface area contributed by atoms with Gasteiger partial charge in [-0.05, 0) is 0 Å². The van der Waals surface area contributed by atoms with Crippen LogP contribution in [0.2, 0.25) is 5.32 Å². The van der Waals surface area contributed by atoms with Gasteiger partial charge in [0.05, 0.1) is 0 Å². The predicted molar refractivity (Wildman–Crippen MR) is 96.1 cm³/mol. The van der Waals surface area contributed by atoms with Crippen LogP contribution >= 0.6 is 6.06 Å².